The van der Waals surface area contributed by atoms with Gasteiger partial charge >= 0.3 is 0 Å². The maximum Gasteiger partial charge on any atom is 0.291 e. The molecule has 0 fully saturated rings. The van der Waals surface area contributed by atoms with Gasteiger partial charge in [0.2, 0.25) is 0 Å². The van der Waals surface area contributed by atoms with Crippen molar-refractivity contribution in [2.75, 3.05) is 19.0 Å². The second-order valence-electron chi connectivity index (χ2n) is 6.21. The first kappa shape index (κ1) is 17.4. The summed E-state index contributed by atoms with van der Waals surface area (Å²) < 4.78 is 10.4. The normalized spacial score (nSPS) is 13.1. The van der Waals surface area contributed by atoms with E-state index in [0.717, 1.165) is 17.7 Å². The number of benzene rings is 1. The smallest absolute Gasteiger partial charge is 0.291 e. The molecule has 0 radical (unpaired) electrons. The minimum atomic E-state index is -0.333. The van der Waals surface area contributed by atoms with Crippen LogP contribution < -0.4 is 10.1 Å². The molecule has 3 aromatic rings. The summed E-state index contributed by atoms with van der Waals surface area (Å²) in [5, 5.41) is 3.36. The van der Waals surface area contributed by atoms with Crippen LogP contribution in [0.3, 0.4) is 0 Å². The maximum atomic E-state index is 12.9. The number of furan rings is 1. The van der Waals surface area contributed by atoms with Crippen LogP contribution in [0.1, 0.15) is 31.4 Å². The van der Waals surface area contributed by atoms with Gasteiger partial charge in [0.1, 0.15) is 5.75 Å². The number of rotatable bonds is 4. The van der Waals surface area contributed by atoms with Gasteiger partial charge in [-0.1, -0.05) is 6.07 Å². The van der Waals surface area contributed by atoms with Crippen LogP contribution in [0.2, 0.25) is 0 Å². The number of thiophene rings is 1. The van der Waals surface area contributed by atoms with E-state index in [1.54, 1.807) is 31.4 Å². The Morgan fingerprint density at radius 3 is 2.85 bits per heavy atom. The van der Waals surface area contributed by atoms with Crippen molar-refractivity contribution >= 4 is 28.2 Å². The van der Waals surface area contributed by atoms with Gasteiger partial charge in [0, 0.05) is 13.1 Å². The Morgan fingerprint density at radius 2 is 2.07 bits per heavy atom. The lowest BCUT2D eigenvalue weighted by atomic mass is 9.99. The van der Waals surface area contributed by atoms with E-state index < -0.39 is 0 Å². The molecule has 7 heteroatoms. The van der Waals surface area contributed by atoms with Crippen molar-refractivity contribution in [2.24, 2.45) is 0 Å². The predicted molar refractivity (Wildman–Crippen MR) is 102 cm³/mol. The van der Waals surface area contributed by atoms with Gasteiger partial charge in [-0.15, -0.1) is 11.3 Å². The van der Waals surface area contributed by atoms with Crippen LogP contribution >= 0.6 is 11.3 Å². The van der Waals surface area contributed by atoms with Crippen LogP contribution in [0.4, 0.5) is 5.00 Å². The largest absolute Gasteiger partial charge is 0.497 e. The van der Waals surface area contributed by atoms with E-state index >= 15 is 0 Å². The van der Waals surface area contributed by atoms with Crippen LogP contribution in [-0.2, 0) is 13.0 Å². The Hall–Kier alpha value is -3.06. The number of methoxy groups -OCH3 is 1. The van der Waals surface area contributed by atoms with Crippen molar-refractivity contribution in [3.63, 3.8) is 0 Å². The van der Waals surface area contributed by atoms with E-state index in [2.05, 4.69) is 11.4 Å². The Bertz CT molecular complexity index is 978. The molecule has 2 amide bonds. The predicted octanol–water partition coefficient (Wildman–Crippen LogP) is 3.80. The molecule has 1 aromatic carbocycles. The third-order valence-corrected chi connectivity index (χ3v) is 5.50. The van der Waals surface area contributed by atoms with Gasteiger partial charge in [-0.25, -0.2) is 0 Å². The zero-order valence-electron chi connectivity index (χ0n) is 14.7. The summed E-state index contributed by atoms with van der Waals surface area (Å²) in [5.74, 6) is 0.659. The molecule has 0 spiro atoms. The lowest BCUT2D eigenvalue weighted by molar-refractivity contribution is 0.0739. The number of nitrogens with one attached hydrogen (secondary N) is 1. The Kier molecular flexibility index (Phi) is 4.68. The standard InChI is InChI=1S/C20H18N2O4S/c1-25-15-5-4-13-8-9-22(12-14(13)11-15)20(24)17-6-7-18(27-17)21-19(23)16-3-2-10-26-16/h2-7,10-11H,8-9,12H2,1H3,(H,21,23). The quantitative estimate of drug-likeness (QED) is 0.745. The lowest BCUT2D eigenvalue weighted by Crippen LogP contribution is -2.35. The molecule has 0 unspecified atom stereocenters. The summed E-state index contributed by atoms with van der Waals surface area (Å²) in [4.78, 5) is 27.3. The third-order valence-electron chi connectivity index (χ3n) is 4.51. The molecular formula is C20H18N2O4S. The number of hydrogen-bond donors (Lipinski definition) is 1. The second-order valence-corrected chi connectivity index (χ2v) is 7.29. The van der Waals surface area contributed by atoms with Gasteiger partial charge in [0.25, 0.3) is 11.8 Å². The van der Waals surface area contributed by atoms with Gasteiger partial charge in [0.05, 0.1) is 23.3 Å². The fourth-order valence-electron chi connectivity index (χ4n) is 3.09. The van der Waals surface area contributed by atoms with Crippen LogP contribution in [0.15, 0.2) is 53.1 Å². The summed E-state index contributed by atoms with van der Waals surface area (Å²) in [5.41, 5.74) is 2.36. The highest BCUT2D eigenvalue weighted by Crippen LogP contribution is 2.28. The molecule has 1 aliphatic heterocycles. The maximum absolute atomic E-state index is 12.9. The highest BCUT2D eigenvalue weighted by atomic mass is 32.1. The van der Waals surface area contributed by atoms with Crippen molar-refractivity contribution < 1.29 is 18.7 Å². The third kappa shape index (κ3) is 3.59. The van der Waals surface area contributed by atoms with Crippen molar-refractivity contribution in [1.29, 1.82) is 0 Å². The van der Waals surface area contributed by atoms with Gasteiger partial charge in [-0.2, -0.15) is 0 Å². The molecule has 3 heterocycles. The Balaban J connectivity index is 1.45. The molecule has 4 rings (SSSR count). The fraction of sp³-hybridized carbons (Fsp3) is 0.200. The van der Waals surface area contributed by atoms with Gasteiger partial charge in [0.15, 0.2) is 5.76 Å². The molecule has 1 N–H and O–H groups in total. The zero-order chi connectivity index (χ0) is 18.8. The molecule has 0 saturated heterocycles. The molecule has 0 aliphatic carbocycles. The number of carbonyl (C=O) groups is 2. The Labute approximate surface area is 160 Å². The summed E-state index contributed by atoms with van der Waals surface area (Å²) >= 11 is 1.26. The first-order valence-corrected chi connectivity index (χ1v) is 9.35. The topological polar surface area (TPSA) is 71.8 Å². The van der Waals surface area contributed by atoms with E-state index in [-0.39, 0.29) is 17.6 Å². The number of carbonyl (C=O) groups excluding carboxylic acids is 2. The summed E-state index contributed by atoms with van der Waals surface area (Å²) in [6.45, 7) is 1.22. The molecule has 27 heavy (non-hydrogen) atoms. The first-order chi connectivity index (χ1) is 13.1. The number of ether oxygens (including phenoxy) is 1. The van der Waals surface area contributed by atoms with Gasteiger partial charge in [-0.3, -0.25) is 9.59 Å². The molecule has 0 saturated carbocycles. The number of hydrogen-bond acceptors (Lipinski definition) is 5. The van der Waals surface area contributed by atoms with Crippen molar-refractivity contribution in [2.45, 2.75) is 13.0 Å². The molecule has 6 nitrogen and oxygen atoms in total. The van der Waals surface area contributed by atoms with Crippen LogP contribution in [-0.4, -0.2) is 30.4 Å². The highest BCUT2D eigenvalue weighted by molar-refractivity contribution is 7.18. The van der Waals surface area contributed by atoms with Crippen molar-refractivity contribution in [1.82, 2.24) is 4.90 Å². The first-order valence-electron chi connectivity index (χ1n) is 8.54. The van der Waals surface area contributed by atoms with Crippen LogP contribution in [0.5, 0.6) is 5.75 Å². The number of nitrogens with zero attached hydrogens (tertiary/aromatic N) is 1. The summed E-state index contributed by atoms with van der Waals surface area (Å²) in [6.07, 6.45) is 2.26. The molecule has 2 aromatic heterocycles. The van der Waals surface area contributed by atoms with E-state index in [1.807, 2.05) is 17.0 Å². The minimum absolute atomic E-state index is 0.0352. The fourth-order valence-corrected chi connectivity index (χ4v) is 3.96. The SMILES string of the molecule is COc1ccc2c(c1)CN(C(=O)c1ccc(NC(=O)c3ccco3)s1)CC2. The number of amides is 2. The van der Waals surface area contributed by atoms with Crippen LogP contribution in [0.25, 0.3) is 0 Å². The number of fused-ring (bicyclic) bond motifs is 1. The average molecular weight is 382 g/mol. The van der Waals surface area contributed by atoms with Gasteiger partial charge < -0.3 is 19.4 Å². The average Bonchev–Trinajstić information content (AvgIpc) is 3.38. The minimum Gasteiger partial charge on any atom is -0.497 e. The molecule has 0 atom stereocenters. The monoisotopic (exact) mass is 382 g/mol. The molecule has 1 aliphatic rings. The van der Waals surface area contributed by atoms with Gasteiger partial charge in [-0.05, 0) is 53.9 Å². The van der Waals surface area contributed by atoms with E-state index in [0.29, 0.717) is 23.0 Å². The van der Waals surface area contributed by atoms with E-state index in [1.165, 1.54) is 23.2 Å². The zero-order valence-corrected chi connectivity index (χ0v) is 15.5. The highest BCUT2D eigenvalue weighted by Gasteiger charge is 2.23. The van der Waals surface area contributed by atoms with E-state index in [4.69, 9.17) is 9.15 Å². The van der Waals surface area contributed by atoms with Crippen molar-refractivity contribution in [3.8, 4) is 5.75 Å². The lowest BCUT2D eigenvalue weighted by Gasteiger charge is -2.28. The Morgan fingerprint density at radius 1 is 1.19 bits per heavy atom. The summed E-state index contributed by atoms with van der Waals surface area (Å²) in [6, 6.07) is 12.7. The number of anilines is 1. The molecule has 138 valence electrons. The van der Waals surface area contributed by atoms with Crippen LogP contribution in [0, 0.1) is 0 Å². The second kappa shape index (κ2) is 7.28. The molecule has 0 bridgehead atoms. The summed E-state index contributed by atoms with van der Waals surface area (Å²) in [7, 11) is 1.64. The van der Waals surface area contributed by atoms with E-state index in [9.17, 15) is 9.59 Å². The van der Waals surface area contributed by atoms with Crippen molar-refractivity contribution in [3.05, 3.63) is 70.5 Å². The molecular weight excluding hydrogens is 364 g/mol.